The van der Waals surface area contributed by atoms with Gasteiger partial charge in [0.1, 0.15) is 36.7 Å². The highest BCUT2D eigenvalue weighted by Crippen LogP contribution is 2.25. The standard InChI is InChI=1S/C36H40N8O7/c1-20(2)12-25-31(46)38-21(3)34-43-28(19-50-34)36(49)44-17-24(39-30(45)14-23-10-7-11-37-16-23)15-29(44)33(48)41-26(13-22-8-5-4-6-9-22)35-42-27(18-51-35)32(47)40-25/h4-11,16,18-21,24-26,29H,12-15,17H2,1-3H3,(H,38,46)(H,39,45)(H,40,47)(H,41,48)/t21-,24+,25-,26+,29+/m1/s1. The molecule has 0 spiro atoms. The van der Waals surface area contributed by atoms with Crippen LogP contribution in [0.2, 0.25) is 0 Å². The smallest absolute Gasteiger partial charge is 0.276 e. The molecule has 4 aromatic rings. The minimum Gasteiger partial charge on any atom is -0.446 e. The molecule has 2 aliphatic rings. The van der Waals surface area contributed by atoms with Crippen molar-refractivity contribution in [1.82, 2.24) is 41.1 Å². The van der Waals surface area contributed by atoms with Gasteiger partial charge in [0, 0.05) is 31.4 Å². The molecule has 4 N–H and O–H groups in total. The van der Waals surface area contributed by atoms with Crippen LogP contribution in [0, 0.1) is 5.92 Å². The van der Waals surface area contributed by atoms with Crippen molar-refractivity contribution in [3.8, 4) is 0 Å². The fraction of sp³-hybridized carbons (Fsp3) is 0.389. The van der Waals surface area contributed by atoms with Crippen molar-refractivity contribution >= 4 is 29.5 Å². The normalized spacial score (nSPS) is 22.7. The summed E-state index contributed by atoms with van der Waals surface area (Å²) in [4.78, 5) is 82.2. The van der Waals surface area contributed by atoms with E-state index >= 15 is 0 Å². The molecule has 266 valence electrons. The average molecular weight is 697 g/mol. The number of aromatic nitrogens is 3. The Morgan fingerprint density at radius 2 is 1.63 bits per heavy atom. The van der Waals surface area contributed by atoms with Gasteiger partial charge in [0.2, 0.25) is 29.5 Å². The van der Waals surface area contributed by atoms with E-state index in [1.54, 1.807) is 31.5 Å². The van der Waals surface area contributed by atoms with Crippen molar-refractivity contribution < 1.29 is 32.8 Å². The third-order valence-electron chi connectivity index (χ3n) is 8.77. The SMILES string of the molecule is CC(C)C[C@H]1NC(=O)c2coc(n2)[C@H](Cc2ccccc2)NC(=O)[C@@H]2C[C@H](NC(=O)Cc3cccnc3)CN2C(=O)c2coc(n2)[C@@H](C)NC1=O. The second-order valence-electron chi connectivity index (χ2n) is 13.3. The Hall–Kier alpha value is -5.86. The molecule has 0 unspecified atom stereocenters. The molecule has 1 fully saturated rings. The number of pyridine rings is 1. The van der Waals surface area contributed by atoms with E-state index in [1.165, 1.54) is 17.4 Å². The first-order valence-electron chi connectivity index (χ1n) is 16.9. The van der Waals surface area contributed by atoms with Crippen LogP contribution in [0.15, 0.2) is 76.2 Å². The van der Waals surface area contributed by atoms with E-state index in [2.05, 4.69) is 36.2 Å². The number of fused-ring (bicyclic) bond motifs is 5. The molecule has 0 radical (unpaired) electrons. The van der Waals surface area contributed by atoms with E-state index in [9.17, 15) is 24.0 Å². The van der Waals surface area contributed by atoms with Crippen LogP contribution in [-0.4, -0.2) is 74.1 Å². The van der Waals surface area contributed by atoms with Crippen molar-refractivity contribution in [1.29, 1.82) is 0 Å². The molecular weight excluding hydrogens is 656 g/mol. The molecule has 6 rings (SSSR count). The van der Waals surface area contributed by atoms with Crippen LogP contribution < -0.4 is 21.3 Å². The predicted octanol–water partition coefficient (Wildman–Crippen LogP) is 2.44. The van der Waals surface area contributed by atoms with Gasteiger partial charge >= 0.3 is 0 Å². The molecule has 4 bridgehead atoms. The number of hydrogen-bond acceptors (Lipinski definition) is 10. The molecule has 1 aromatic carbocycles. The van der Waals surface area contributed by atoms with Crippen molar-refractivity contribution in [3.05, 3.63) is 102 Å². The lowest BCUT2D eigenvalue weighted by atomic mass is 10.0. The number of nitrogens with zero attached hydrogens (tertiary/aromatic N) is 4. The number of carbonyl (C=O) groups is 5. The van der Waals surface area contributed by atoms with Gasteiger partial charge in [-0.25, -0.2) is 9.97 Å². The van der Waals surface area contributed by atoms with Crippen LogP contribution in [0.5, 0.6) is 0 Å². The van der Waals surface area contributed by atoms with E-state index < -0.39 is 53.8 Å². The number of rotatable bonds is 7. The first-order chi connectivity index (χ1) is 24.5. The summed E-state index contributed by atoms with van der Waals surface area (Å²) in [6, 6.07) is 8.75. The summed E-state index contributed by atoms with van der Waals surface area (Å²) >= 11 is 0. The number of carbonyl (C=O) groups excluding carboxylic acids is 5. The van der Waals surface area contributed by atoms with E-state index in [0.29, 0.717) is 12.0 Å². The Kier molecular flexibility index (Phi) is 10.5. The number of oxazole rings is 2. The van der Waals surface area contributed by atoms with E-state index in [4.69, 9.17) is 8.83 Å². The van der Waals surface area contributed by atoms with Crippen LogP contribution in [0.4, 0.5) is 0 Å². The summed E-state index contributed by atoms with van der Waals surface area (Å²) in [5.74, 6) is -2.31. The van der Waals surface area contributed by atoms with E-state index in [1.807, 2.05) is 44.2 Å². The second-order valence-corrected chi connectivity index (χ2v) is 13.3. The first kappa shape index (κ1) is 35.0. The highest BCUT2D eigenvalue weighted by atomic mass is 16.3. The summed E-state index contributed by atoms with van der Waals surface area (Å²) in [7, 11) is 0. The third kappa shape index (κ3) is 8.48. The first-order valence-corrected chi connectivity index (χ1v) is 16.9. The quantitative estimate of drug-likeness (QED) is 0.222. The van der Waals surface area contributed by atoms with Gasteiger partial charge < -0.3 is 35.0 Å². The lowest BCUT2D eigenvalue weighted by Gasteiger charge is -2.25. The van der Waals surface area contributed by atoms with Crippen LogP contribution in [0.25, 0.3) is 0 Å². The Bertz CT molecular complexity index is 1880. The number of benzene rings is 1. The van der Waals surface area contributed by atoms with Crippen molar-refractivity contribution in [2.24, 2.45) is 5.92 Å². The van der Waals surface area contributed by atoms with Gasteiger partial charge in [-0.15, -0.1) is 0 Å². The molecule has 15 nitrogen and oxygen atoms in total. The predicted molar refractivity (Wildman–Crippen MR) is 181 cm³/mol. The fourth-order valence-corrected chi connectivity index (χ4v) is 6.29. The Morgan fingerprint density at radius 1 is 0.902 bits per heavy atom. The van der Waals surface area contributed by atoms with Gasteiger partial charge in [0.15, 0.2) is 11.4 Å². The van der Waals surface area contributed by atoms with Gasteiger partial charge in [0.25, 0.3) is 11.8 Å². The minimum atomic E-state index is -1.02. The number of amides is 5. The molecule has 1 saturated heterocycles. The molecule has 0 saturated carbocycles. The lowest BCUT2D eigenvalue weighted by molar-refractivity contribution is -0.126. The monoisotopic (exact) mass is 696 g/mol. The Balaban J connectivity index is 1.33. The van der Waals surface area contributed by atoms with Crippen LogP contribution in [0.3, 0.4) is 0 Å². The number of hydrogen-bond donors (Lipinski definition) is 4. The minimum absolute atomic E-state index is 0.0216. The molecule has 2 aliphatic heterocycles. The van der Waals surface area contributed by atoms with Crippen LogP contribution >= 0.6 is 0 Å². The zero-order valence-corrected chi connectivity index (χ0v) is 28.5. The maximum atomic E-state index is 14.2. The molecule has 15 heteroatoms. The molecule has 5 atom stereocenters. The average Bonchev–Trinajstić information content (AvgIpc) is 3.88. The maximum Gasteiger partial charge on any atom is 0.276 e. The zero-order valence-electron chi connectivity index (χ0n) is 28.5. The van der Waals surface area contributed by atoms with Gasteiger partial charge in [0.05, 0.1) is 6.42 Å². The number of nitrogens with one attached hydrogen (secondary N) is 4. The van der Waals surface area contributed by atoms with Gasteiger partial charge in [-0.2, -0.15) is 0 Å². The van der Waals surface area contributed by atoms with Crippen molar-refractivity contribution in [2.45, 2.75) is 76.7 Å². The van der Waals surface area contributed by atoms with Gasteiger partial charge in [-0.05, 0) is 42.9 Å². The Morgan fingerprint density at radius 3 is 2.37 bits per heavy atom. The van der Waals surface area contributed by atoms with Crippen molar-refractivity contribution in [3.63, 3.8) is 0 Å². The fourth-order valence-electron chi connectivity index (χ4n) is 6.29. The largest absolute Gasteiger partial charge is 0.446 e. The van der Waals surface area contributed by atoms with Gasteiger partial charge in [-0.3, -0.25) is 29.0 Å². The third-order valence-corrected chi connectivity index (χ3v) is 8.77. The maximum absolute atomic E-state index is 14.2. The van der Waals surface area contributed by atoms with Gasteiger partial charge in [-0.1, -0.05) is 50.2 Å². The lowest BCUT2D eigenvalue weighted by Crippen LogP contribution is -2.48. The second kappa shape index (κ2) is 15.4. The van der Waals surface area contributed by atoms with Crippen LogP contribution in [0.1, 0.15) is 89.6 Å². The zero-order chi connectivity index (χ0) is 36.1. The molecule has 3 aromatic heterocycles. The molecule has 5 heterocycles. The molecular formula is C36H40N8O7. The topological polar surface area (TPSA) is 202 Å². The summed E-state index contributed by atoms with van der Waals surface area (Å²) in [5, 5.41) is 11.5. The van der Waals surface area contributed by atoms with E-state index in [-0.39, 0.29) is 60.8 Å². The summed E-state index contributed by atoms with van der Waals surface area (Å²) in [5.41, 5.74) is 1.43. The summed E-state index contributed by atoms with van der Waals surface area (Å²) < 4.78 is 11.4. The van der Waals surface area contributed by atoms with E-state index in [0.717, 1.165) is 5.56 Å². The highest BCUT2D eigenvalue weighted by molar-refractivity contribution is 5.97. The highest BCUT2D eigenvalue weighted by Gasteiger charge is 2.42. The Labute approximate surface area is 294 Å². The molecule has 5 amide bonds. The summed E-state index contributed by atoms with van der Waals surface area (Å²) in [6.07, 6.45) is 6.34. The van der Waals surface area contributed by atoms with Crippen molar-refractivity contribution in [2.75, 3.05) is 6.54 Å². The molecule has 0 aliphatic carbocycles. The molecule has 51 heavy (non-hydrogen) atoms. The summed E-state index contributed by atoms with van der Waals surface area (Å²) in [6.45, 7) is 5.51. The van der Waals surface area contributed by atoms with Crippen LogP contribution in [-0.2, 0) is 27.2 Å².